The zero-order chi connectivity index (χ0) is 19.9. The molecule has 1 saturated carbocycles. The fourth-order valence-corrected chi connectivity index (χ4v) is 3.53. The van der Waals surface area contributed by atoms with Gasteiger partial charge in [-0.3, -0.25) is 0 Å². The van der Waals surface area contributed by atoms with Crippen LogP contribution in [-0.4, -0.2) is 42.2 Å². The molecule has 3 N–H and O–H groups in total. The van der Waals surface area contributed by atoms with Crippen LogP contribution in [0.5, 0.6) is 0 Å². The molecule has 2 aromatic rings. The molecule has 1 aliphatic carbocycles. The van der Waals surface area contributed by atoms with E-state index in [-0.39, 0.29) is 12.1 Å². The lowest BCUT2D eigenvalue weighted by atomic mass is 9.91. The molecule has 1 aromatic carbocycles. The summed E-state index contributed by atoms with van der Waals surface area (Å²) >= 11 is 0. The molecule has 150 valence electrons. The molecule has 2 amide bonds. The molecule has 0 aliphatic heterocycles. The van der Waals surface area contributed by atoms with Crippen molar-refractivity contribution in [3.63, 3.8) is 0 Å². The van der Waals surface area contributed by atoms with Crippen molar-refractivity contribution in [2.24, 2.45) is 0 Å². The average Bonchev–Trinajstić information content (AvgIpc) is 2.70. The van der Waals surface area contributed by atoms with Gasteiger partial charge in [0, 0.05) is 38.1 Å². The van der Waals surface area contributed by atoms with Gasteiger partial charge in [0.15, 0.2) is 0 Å². The number of aromatic nitrogens is 2. The molecular weight excluding hydrogens is 352 g/mol. The standard InChI is InChI=1S/C21H30N6O/c1-4-15-7-5-6-8-18(15)25-21(28)24-17-11-9-16(10-12-17)23-20-22-14-13-19(26-20)27(2)3/h5-8,13-14,16-17H,4,9-12H2,1-3H3,(H,22,23,26)(H2,24,25,28)/t16-,17+. The molecule has 7 nitrogen and oxygen atoms in total. The van der Waals surface area contributed by atoms with Crippen molar-refractivity contribution in [2.45, 2.75) is 51.1 Å². The van der Waals surface area contributed by atoms with Crippen LogP contribution in [0.3, 0.4) is 0 Å². The van der Waals surface area contributed by atoms with Gasteiger partial charge in [0.2, 0.25) is 5.95 Å². The van der Waals surface area contributed by atoms with E-state index in [1.54, 1.807) is 6.20 Å². The Balaban J connectivity index is 1.46. The maximum Gasteiger partial charge on any atom is 0.319 e. The second-order valence-electron chi connectivity index (χ2n) is 7.43. The predicted molar refractivity (Wildman–Crippen MR) is 114 cm³/mol. The molecule has 1 fully saturated rings. The smallest absolute Gasteiger partial charge is 0.319 e. The summed E-state index contributed by atoms with van der Waals surface area (Å²) in [5.41, 5.74) is 2.03. The number of carbonyl (C=O) groups excluding carboxylic acids is 1. The van der Waals surface area contributed by atoms with Crippen molar-refractivity contribution < 1.29 is 4.79 Å². The van der Waals surface area contributed by atoms with E-state index in [0.29, 0.717) is 12.0 Å². The van der Waals surface area contributed by atoms with E-state index in [2.05, 4.69) is 32.8 Å². The van der Waals surface area contributed by atoms with E-state index in [1.807, 2.05) is 49.3 Å². The van der Waals surface area contributed by atoms with Crippen LogP contribution in [0.2, 0.25) is 0 Å². The number of nitrogens with one attached hydrogen (secondary N) is 3. The van der Waals surface area contributed by atoms with Gasteiger partial charge in [-0.2, -0.15) is 4.98 Å². The Morgan fingerprint density at radius 1 is 1.11 bits per heavy atom. The van der Waals surface area contributed by atoms with E-state index >= 15 is 0 Å². The summed E-state index contributed by atoms with van der Waals surface area (Å²) in [6.45, 7) is 2.09. The Kier molecular flexibility index (Phi) is 6.68. The highest BCUT2D eigenvalue weighted by atomic mass is 16.2. The van der Waals surface area contributed by atoms with Crippen molar-refractivity contribution in [2.75, 3.05) is 29.6 Å². The molecule has 1 aromatic heterocycles. The first kappa shape index (κ1) is 19.9. The fraction of sp³-hybridized carbons (Fsp3) is 0.476. The minimum atomic E-state index is -0.126. The number of rotatable bonds is 6. The topological polar surface area (TPSA) is 82.2 Å². The lowest BCUT2D eigenvalue weighted by molar-refractivity contribution is 0.243. The van der Waals surface area contributed by atoms with Crippen molar-refractivity contribution in [1.82, 2.24) is 15.3 Å². The summed E-state index contributed by atoms with van der Waals surface area (Å²) in [5, 5.41) is 9.53. The minimum absolute atomic E-state index is 0.126. The normalized spacial score (nSPS) is 19.0. The summed E-state index contributed by atoms with van der Waals surface area (Å²) in [7, 11) is 3.93. The number of nitrogens with zero attached hydrogens (tertiary/aromatic N) is 3. The Bertz CT molecular complexity index is 786. The molecule has 7 heteroatoms. The maximum atomic E-state index is 12.4. The highest BCUT2D eigenvalue weighted by Gasteiger charge is 2.23. The molecule has 0 unspecified atom stereocenters. The molecule has 1 heterocycles. The van der Waals surface area contributed by atoms with Crippen molar-refractivity contribution in [3.8, 4) is 0 Å². The second-order valence-corrected chi connectivity index (χ2v) is 7.43. The first-order chi connectivity index (χ1) is 13.5. The van der Waals surface area contributed by atoms with Crippen LogP contribution in [0.1, 0.15) is 38.2 Å². The Hall–Kier alpha value is -2.83. The van der Waals surface area contributed by atoms with Gasteiger partial charge in [0.25, 0.3) is 0 Å². The van der Waals surface area contributed by atoms with Crippen LogP contribution in [0.25, 0.3) is 0 Å². The third kappa shape index (κ3) is 5.34. The third-order valence-corrected chi connectivity index (χ3v) is 5.14. The van der Waals surface area contributed by atoms with Crippen molar-refractivity contribution >= 4 is 23.5 Å². The maximum absolute atomic E-state index is 12.4. The van der Waals surface area contributed by atoms with Crippen molar-refractivity contribution in [3.05, 3.63) is 42.1 Å². The molecule has 28 heavy (non-hydrogen) atoms. The lowest BCUT2D eigenvalue weighted by Gasteiger charge is -2.30. The zero-order valence-corrected chi connectivity index (χ0v) is 16.9. The molecular formula is C21H30N6O. The zero-order valence-electron chi connectivity index (χ0n) is 16.9. The molecule has 3 rings (SSSR count). The average molecular weight is 383 g/mol. The Labute approximate surface area is 167 Å². The van der Waals surface area contributed by atoms with Crippen LogP contribution >= 0.6 is 0 Å². The van der Waals surface area contributed by atoms with Crippen molar-refractivity contribution in [1.29, 1.82) is 0 Å². The predicted octanol–water partition coefficient (Wildman–Crippen LogP) is 3.65. The summed E-state index contributed by atoms with van der Waals surface area (Å²) in [4.78, 5) is 23.2. The molecule has 0 spiro atoms. The molecule has 0 radical (unpaired) electrons. The van der Waals surface area contributed by atoms with Crippen LogP contribution in [-0.2, 0) is 6.42 Å². The number of amides is 2. The van der Waals surface area contributed by atoms with E-state index < -0.39 is 0 Å². The van der Waals surface area contributed by atoms with Gasteiger partial charge in [-0.1, -0.05) is 25.1 Å². The largest absolute Gasteiger partial charge is 0.363 e. The second kappa shape index (κ2) is 9.39. The summed E-state index contributed by atoms with van der Waals surface area (Å²) in [5.74, 6) is 1.55. The lowest BCUT2D eigenvalue weighted by Crippen LogP contribution is -2.42. The molecule has 0 saturated heterocycles. The summed E-state index contributed by atoms with van der Waals surface area (Å²) < 4.78 is 0. The number of para-hydroxylation sites is 1. The highest BCUT2D eigenvalue weighted by Crippen LogP contribution is 2.22. The minimum Gasteiger partial charge on any atom is -0.363 e. The number of aryl methyl sites for hydroxylation is 1. The number of hydrogen-bond donors (Lipinski definition) is 3. The number of anilines is 3. The third-order valence-electron chi connectivity index (χ3n) is 5.14. The van der Waals surface area contributed by atoms with Crippen LogP contribution in [0.4, 0.5) is 22.2 Å². The van der Waals surface area contributed by atoms with Gasteiger partial charge in [0.1, 0.15) is 5.82 Å². The number of hydrogen-bond acceptors (Lipinski definition) is 5. The van der Waals surface area contributed by atoms with Gasteiger partial charge < -0.3 is 20.9 Å². The number of carbonyl (C=O) groups is 1. The SMILES string of the molecule is CCc1ccccc1NC(=O)N[C@H]1CC[C@@H](Nc2nccc(N(C)C)n2)CC1. The quantitative estimate of drug-likeness (QED) is 0.710. The van der Waals surface area contributed by atoms with E-state index in [1.165, 1.54) is 0 Å². The van der Waals surface area contributed by atoms with E-state index in [0.717, 1.165) is 49.2 Å². The summed E-state index contributed by atoms with van der Waals surface area (Å²) in [6.07, 6.45) is 6.50. The van der Waals surface area contributed by atoms with Crippen LogP contribution < -0.4 is 20.9 Å². The molecule has 1 aliphatic rings. The molecule has 0 atom stereocenters. The van der Waals surface area contributed by atoms with Crippen LogP contribution in [0, 0.1) is 0 Å². The van der Waals surface area contributed by atoms with Gasteiger partial charge in [-0.25, -0.2) is 9.78 Å². The van der Waals surface area contributed by atoms with Gasteiger partial charge in [-0.05, 0) is 49.8 Å². The Morgan fingerprint density at radius 3 is 2.54 bits per heavy atom. The van der Waals surface area contributed by atoms with E-state index in [4.69, 9.17) is 0 Å². The monoisotopic (exact) mass is 382 g/mol. The first-order valence-electron chi connectivity index (χ1n) is 9.97. The van der Waals surface area contributed by atoms with Crippen LogP contribution in [0.15, 0.2) is 36.5 Å². The summed E-state index contributed by atoms with van der Waals surface area (Å²) in [6, 6.07) is 10.2. The van der Waals surface area contributed by atoms with Gasteiger partial charge in [0.05, 0.1) is 0 Å². The Morgan fingerprint density at radius 2 is 1.82 bits per heavy atom. The fourth-order valence-electron chi connectivity index (χ4n) is 3.53. The highest BCUT2D eigenvalue weighted by molar-refractivity contribution is 5.90. The molecule has 0 bridgehead atoms. The van der Waals surface area contributed by atoms with E-state index in [9.17, 15) is 4.79 Å². The number of benzene rings is 1. The number of urea groups is 1. The first-order valence-corrected chi connectivity index (χ1v) is 9.97. The van der Waals surface area contributed by atoms with Gasteiger partial charge >= 0.3 is 6.03 Å². The van der Waals surface area contributed by atoms with Gasteiger partial charge in [-0.15, -0.1) is 0 Å².